The van der Waals surface area contributed by atoms with Crippen LogP contribution < -0.4 is 10.6 Å². The molecule has 0 bridgehead atoms. The fraction of sp³-hybridized carbons (Fsp3) is 0.600. The number of pyridine rings is 1. The van der Waals surface area contributed by atoms with Gasteiger partial charge in [-0.3, -0.25) is 4.79 Å². The van der Waals surface area contributed by atoms with Gasteiger partial charge in [0.05, 0.1) is 0 Å². The second kappa shape index (κ2) is 6.56. The molecule has 1 saturated carbocycles. The summed E-state index contributed by atoms with van der Waals surface area (Å²) in [7, 11) is 0. The summed E-state index contributed by atoms with van der Waals surface area (Å²) in [5.74, 6) is -4.42. The minimum atomic E-state index is -3.73. The number of amides is 1. The van der Waals surface area contributed by atoms with Gasteiger partial charge in [-0.15, -0.1) is 0 Å². The Labute approximate surface area is 128 Å². The lowest BCUT2D eigenvalue weighted by Crippen LogP contribution is -2.60. The molecule has 22 heavy (non-hydrogen) atoms. The van der Waals surface area contributed by atoms with Crippen LogP contribution in [0.2, 0.25) is 0 Å². The summed E-state index contributed by atoms with van der Waals surface area (Å²) in [4.78, 5) is 15.7. The van der Waals surface area contributed by atoms with Gasteiger partial charge in [-0.2, -0.15) is 8.78 Å². The van der Waals surface area contributed by atoms with Crippen LogP contribution in [0, 0.1) is 6.92 Å². The third-order valence-corrected chi connectivity index (χ3v) is 3.91. The molecule has 7 heteroatoms. The van der Waals surface area contributed by atoms with Crippen molar-refractivity contribution in [3.63, 3.8) is 0 Å². The summed E-state index contributed by atoms with van der Waals surface area (Å²) in [6, 6.07) is 3.74. The van der Waals surface area contributed by atoms with E-state index in [-0.39, 0.29) is 19.4 Å². The van der Waals surface area contributed by atoms with E-state index in [2.05, 4.69) is 15.6 Å². The highest BCUT2D eigenvalue weighted by Gasteiger charge is 2.60. The first-order chi connectivity index (χ1) is 10.3. The number of aliphatic hydroxyl groups is 1. The molecule has 0 radical (unpaired) electrons. The van der Waals surface area contributed by atoms with Crippen LogP contribution in [0.4, 0.5) is 14.6 Å². The van der Waals surface area contributed by atoms with Crippen LogP contribution in [-0.2, 0) is 4.79 Å². The van der Waals surface area contributed by atoms with Gasteiger partial charge in [0.15, 0.2) is 0 Å². The number of aryl methyl sites for hydroxylation is 1. The molecule has 3 N–H and O–H groups in total. The van der Waals surface area contributed by atoms with Gasteiger partial charge < -0.3 is 15.7 Å². The maximum absolute atomic E-state index is 13.8. The van der Waals surface area contributed by atoms with E-state index < -0.39 is 17.4 Å². The number of hydrogen-bond donors (Lipinski definition) is 3. The van der Waals surface area contributed by atoms with E-state index >= 15 is 0 Å². The molecule has 2 rings (SSSR count). The van der Waals surface area contributed by atoms with E-state index in [1.165, 1.54) is 0 Å². The van der Waals surface area contributed by atoms with Gasteiger partial charge in [-0.05, 0) is 44.2 Å². The summed E-state index contributed by atoms with van der Waals surface area (Å²) in [6.45, 7) is 2.55. The van der Waals surface area contributed by atoms with Crippen molar-refractivity contribution in [3.8, 4) is 0 Å². The zero-order valence-corrected chi connectivity index (χ0v) is 12.5. The number of hydrogen-bond acceptors (Lipinski definition) is 4. The molecule has 1 aliphatic rings. The predicted octanol–water partition coefficient (Wildman–Crippen LogP) is 1.86. The zero-order chi connectivity index (χ0) is 16.2. The van der Waals surface area contributed by atoms with E-state index in [1.807, 2.05) is 19.1 Å². The second-order valence-electron chi connectivity index (χ2n) is 5.72. The average molecular weight is 313 g/mol. The lowest BCUT2D eigenvalue weighted by molar-refractivity contribution is -0.215. The van der Waals surface area contributed by atoms with Crippen LogP contribution in [0.1, 0.15) is 31.2 Å². The number of anilines is 1. The van der Waals surface area contributed by atoms with Crippen molar-refractivity contribution in [2.45, 2.75) is 44.1 Å². The summed E-state index contributed by atoms with van der Waals surface area (Å²) in [6.07, 6.45) is 2.66. The van der Waals surface area contributed by atoms with Crippen molar-refractivity contribution >= 4 is 11.7 Å². The van der Waals surface area contributed by atoms with E-state index in [0.29, 0.717) is 25.2 Å². The lowest BCUT2D eigenvalue weighted by Gasteiger charge is -2.41. The van der Waals surface area contributed by atoms with E-state index in [9.17, 15) is 18.7 Å². The molecule has 1 aromatic heterocycles. The molecule has 1 aliphatic carbocycles. The number of nitrogens with one attached hydrogen (secondary N) is 2. The molecular weight excluding hydrogens is 292 g/mol. The molecule has 1 aromatic rings. The third-order valence-electron chi connectivity index (χ3n) is 3.91. The topological polar surface area (TPSA) is 74.2 Å². The van der Waals surface area contributed by atoms with Crippen molar-refractivity contribution < 1.29 is 18.7 Å². The minimum Gasteiger partial charge on any atom is -0.383 e. The van der Waals surface area contributed by atoms with Gasteiger partial charge in [-0.25, -0.2) is 4.98 Å². The SMILES string of the molecule is Cc1ccc(NCCCNC(=O)C(F)(F)C2(O)CCC2)nc1. The number of halogens is 2. The monoisotopic (exact) mass is 313 g/mol. The molecule has 1 heterocycles. The van der Waals surface area contributed by atoms with E-state index in [0.717, 1.165) is 5.56 Å². The summed E-state index contributed by atoms with van der Waals surface area (Å²) < 4.78 is 27.5. The quantitative estimate of drug-likeness (QED) is 0.672. The molecule has 0 atom stereocenters. The molecule has 1 amide bonds. The van der Waals surface area contributed by atoms with Gasteiger partial charge in [0.25, 0.3) is 5.91 Å². The number of rotatable bonds is 7. The summed E-state index contributed by atoms with van der Waals surface area (Å²) >= 11 is 0. The second-order valence-corrected chi connectivity index (χ2v) is 5.72. The minimum absolute atomic E-state index is 0.0337. The smallest absolute Gasteiger partial charge is 0.352 e. The number of alkyl halides is 2. The number of nitrogens with zero attached hydrogens (tertiary/aromatic N) is 1. The Kier molecular flexibility index (Phi) is 4.95. The molecule has 0 unspecified atom stereocenters. The van der Waals surface area contributed by atoms with Crippen LogP contribution in [0.5, 0.6) is 0 Å². The lowest BCUT2D eigenvalue weighted by atomic mass is 9.75. The van der Waals surface area contributed by atoms with Crippen LogP contribution in [0.15, 0.2) is 18.3 Å². The van der Waals surface area contributed by atoms with Gasteiger partial charge >= 0.3 is 5.92 Å². The Morgan fingerprint density at radius 3 is 2.68 bits per heavy atom. The molecule has 122 valence electrons. The number of carbonyl (C=O) groups is 1. The Balaban J connectivity index is 1.68. The van der Waals surface area contributed by atoms with Gasteiger partial charge in [0.1, 0.15) is 11.4 Å². The largest absolute Gasteiger partial charge is 0.383 e. The Morgan fingerprint density at radius 2 is 2.14 bits per heavy atom. The molecule has 5 nitrogen and oxygen atoms in total. The molecule has 1 fully saturated rings. The van der Waals surface area contributed by atoms with E-state index in [4.69, 9.17) is 0 Å². The number of aromatic nitrogens is 1. The average Bonchev–Trinajstić information content (AvgIpc) is 2.45. The molecular formula is C15H21F2N3O2. The fourth-order valence-corrected chi connectivity index (χ4v) is 2.23. The Bertz CT molecular complexity index is 516. The standard InChI is InChI=1S/C15H21F2N3O2/c1-11-4-5-12(20-10-11)18-8-3-9-19-13(21)15(16,17)14(22)6-2-7-14/h4-5,10,22H,2-3,6-9H2,1H3,(H,18,20)(H,19,21). The van der Waals surface area contributed by atoms with Crippen LogP contribution in [-0.4, -0.2) is 40.6 Å². The highest BCUT2D eigenvalue weighted by atomic mass is 19.3. The van der Waals surface area contributed by atoms with Crippen molar-refractivity contribution in [1.82, 2.24) is 10.3 Å². The highest BCUT2D eigenvalue weighted by Crippen LogP contribution is 2.44. The summed E-state index contributed by atoms with van der Waals surface area (Å²) in [5.41, 5.74) is -1.12. The van der Waals surface area contributed by atoms with Crippen LogP contribution in [0.25, 0.3) is 0 Å². The molecule has 0 aromatic carbocycles. The highest BCUT2D eigenvalue weighted by molar-refractivity contribution is 5.85. The van der Waals surface area contributed by atoms with Gasteiger partial charge in [0.2, 0.25) is 0 Å². The van der Waals surface area contributed by atoms with Crippen LogP contribution in [0.3, 0.4) is 0 Å². The fourth-order valence-electron chi connectivity index (χ4n) is 2.23. The Morgan fingerprint density at radius 1 is 1.41 bits per heavy atom. The van der Waals surface area contributed by atoms with Gasteiger partial charge in [-0.1, -0.05) is 6.07 Å². The maximum Gasteiger partial charge on any atom is 0.352 e. The summed E-state index contributed by atoms with van der Waals surface area (Å²) in [5, 5.41) is 14.9. The Hall–Kier alpha value is -1.76. The molecule has 0 saturated heterocycles. The van der Waals surface area contributed by atoms with Gasteiger partial charge in [0, 0.05) is 19.3 Å². The first-order valence-corrected chi connectivity index (χ1v) is 7.40. The third kappa shape index (κ3) is 3.52. The van der Waals surface area contributed by atoms with E-state index in [1.54, 1.807) is 6.20 Å². The number of carbonyl (C=O) groups excluding carboxylic acids is 1. The molecule has 0 spiro atoms. The molecule has 0 aliphatic heterocycles. The van der Waals surface area contributed by atoms with Crippen molar-refractivity contribution in [2.75, 3.05) is 18.4 Å². The normalized spacial score (nSPS) is 16.7. The van der Waals surface area contributed by atoms with Crippen molar-refractivity contribution in [2.24, 2.45) is 0 Å². The van der Waals surface area contributed by atoms with Crippen LogP contribution >= 0.6 is 0 Å². The van der Waals surface area contributed by atoms with Crippen molar-refractivity contribution in [1.29, 1.82) is 0 Å². The predicted molar refractivity (Wildman–Crippen MR) is 78.8 cm³/mol. The first kappa shape index (κ1) is 16.6. The zero-order valence-electron chi connectivity index (χ0n) is 12.5. The van der Waals surface area contributed by atoms with Crippen molar-refractivity contribution in [3.05, 3.63) is 23.9 Å². The first-order valence-electron chi connectivity index (χ1n) is 7.40. The maximum atomic E-state index is 13.8.